The van der Waals surface area contributed by atoms with Crippen LogP contribution >= 0.6 is 0 Å². The molecule has 0 saturated heterocycles. The van der Waals surface area contributed by atoms with Crippen molar-refractivity contribution in [3.63, 3.8) is 0 Å². The Balaban J connectivity index is 0.000000428. The number of rotatable bonds is 5. The summed E-state index contributed by atoms with van der Waals surface area (Å²) in [6, 6.07) is 1.72. The number of hydrogen-bond acceptors (Lipinski definition) is 7. The normalized spacial score (nSPS) is 10.1. The summed E-state index contributed by atoms with van der Waals surface area (Å²) in [5.74, 6) is -4.70. The monoisotopic (exact) mass is 287 g/mol. The van der Waals surface area contributed by atoms with Gasteiger partial charge in [0.1, 0.15) is 0 Å². The number of aliphatic hydroxyl groups is 1. The van der Waals surface area contributed by atoms with Gasteiger partial charge in [0, 0.05) is 12.4 Å². The van der Waals surface area contributed by atoms with E-state index in [1.165, 1.54) is 0 Å². The molecule has 1 aromatic rings. The molecule has 0 amide bonds. The van der Waals surface area contributed by atoms with Gasteiger partial charge in [-0.1, -0.05) is 0 Å². The number of aliphatic carboxylic acids is 3. The van der Waals surface area contributed by atoms with E-state index in [0.29, 0.717) is 5.95 Å². The number of nitrogen functional groups attached to an aromatic ring is 1. The molecule has 0 bridgehead atoms. The largest absolute Gasteiger partial charge is 0.481 e. The number of carboxylic acids is 3. The van der Waals surface area contributed by atoms with E-state index < -0.39 is 36.4 Å². The Morgan fingerprint density at radius 1 is 1.05 bits per heavy atom. The van der Waals surface area contributed by atoms with Crippen LogP contribution in [-0.2, 0) is 14.4 Å². The van der Waals surface area contributed by atoms with Crippen molar-refractivity contribution in [1.29, 1.82) is 0 Å². The predicted octanol–water partition coefficient (Wildman–Crippen LogP) is -1.19. The standard InChI is InChI=1S/C6H8O7.C4H5N3/c7-3(8)1-6(13,5(11)12)2-4(9)10;5-4-6-2-1-3-7-4/h13H,1-2H2,(H,7,8)(H,9,10)(H,11,12);1-3H,(H2,5,6,7). The summed E-state index contributed by atoms with van der Waals surface area (Å²) in [5.41, 5.74) is 2.40. The summed E-state index contributed by atoms with van der Waals surface area (Å²) in [4.78, 5) is 37.8. The number of anilines is 1. The molecular weight excluding hydrogens is 274 g/mol. The third kappa shape index (κ3) is 6.86. The lowest BCUT2D eigenvalue weighted by molar-refractivity contribution is -0.170. The van der Waals surface area contributed by atoms with E-state index >= 15 is 0 Å². The van der Waals surface area contributed by atoms with Gasteiger partial charge >= 0.3 is 17.9 Å². The number of hydrogen-bond donors (Lipinski definition) is 5. The zero-order chi connectivity index (χ0) is 15.8. The van der Waals surface area contributed by atoms with Crippen molar-refractivity contribution >= 4 is 23.9 Å². The van der Waals surface area contributed by atoms with Crippen LogP contribution in [0.3, 0.4) is 0 Å². The third-order valence-corrected chi connectivity index (χ3v) is 1.87. The van der Waals surface area contributed by atoms with Crippen LogP contribution in [0, 0.1) is 0 Å². The molecule has 10 heteroatoms. The van der Waals surface area contributed by atoms with E-state index in [-0.39, 0.29) is 0 Å². The van der Waals surface area contributed by atoms with E-state index in [1.807, 2.05) is 0 Å². The molecular formula is C10H13N3O7. The van der Waals surface area contributed by atoms with Gasteiger partial charge < -0.3 is 26.2 Å². The Kier molecular flexibility index (Phi) is 6.58. The molecule has 20 heavy (non-hydrogen) atoms. The number of carbonyl (C=O) groups is 3. The maximum atomic E-state index is 10.3. The fourth-order valence-corrected chi connectivity index (χ4v) is 1.02. The zero-order valence-corrected chi connectivity index (χ0v) is 10.1. The fraction of sp³-hybridized carbons (Fsp3) is 0.300. The van der Waals surface area contributed by atoms with E-state index in [4.69, 9.17) is 26.2 Å². The highest BCUT2D eigenvalue weighted by Gasteiger charge is 2.40. The lowest BCUT2D eigenvalue weighted by atomic mass is 9.96. The maximum absolute atomic E-state index is 10.3. The van der Waals surface area contributed by atoms with Gasteiger partial charge in [0.15, 0.2) is 5.60 Å². The molecule has 0 fully saturated rings. The lowest BCUT2D eigenvalue weighted by Crippen LogP contribution is -2.42. The third-order valence-electron chi connectivity index (χ3n) is 1.87. The molecule has 0 atom stereocenters. The van der Waals surface area contributed by atoms with Gasteiger partial charge in [-0.3, -0.25) is 9.59 Å². The highest BCUT2D eigenvalue weighted by molar-refractivity contribution is 5.88. The van der Waals surface area contributed by atoms with Crippen LogP contribution < -0.4 is 5.73 Å². The van der Waals surface area contributed by atoms with E-state index in [0.717, 1.165) is 0 Å². The van der Waals surface area contributed by atoms with Crippen molar-refractivity contribution in [2.45, 2.75) is 18.4 Å². The molecule has 0 aliphatic heterocycles. The molecule has 0 spiro atoms. The van der Waals surface area contributed by atoms with Gasteiger partial charge in [-0.2, -0.15) is 0 Å². The first-order valence-corrected chi connectivity index (χ1v) is 5.09. The number of carboxylic acid groups (broad SMARTS) is 3. The number of nitrogens with zero attached hydrogens (tertiary/aromatic N) is 2. The second kappa shape index (κ2) is 7.63. The van der Waals surface area contributed by atoms with Crippen LogP contribution in [0.4, 0.5) is 5.95 Å². The molecule has 0 radical (unpaired) electrons. The molecule has 0 unspecified atom stereocenters. The van der Waals surface area contributed by atoms with Crippen LogP contribution in [0.2, 0.25) is 0 Å². The SMILES string of the molecule is Nc1ncccn1.O=C(O)CC(O)(CC(=O)O)C(=O)O. The van der Waals surface area contributed by atoms with Gasteiger partial charge in [0.2, 0.25) is 5.95 Å². The first-order chi connectivity index (χ1) is 9.17. The molecule has 1 rings (SSSR count). The van der Waals surface area contributed by atoms with Crippen LogP contribution in [0.15, 0.2) is 18.5 Å². The Labute approximate surface area is 112 Å². The van der Waals surface area contributed by atoms with Crippen LogP contribution in [0.25, 0.3) is 0 Å². The van der Waals surface area contributed by atoms with Gasteiger partial charge in [-0.15, -0.1) is 0 Å². The molecule has 110 valence electrons. The number of nitrogens with two attached hydrogens (primary N) is 1. The Morgan fingerprint density at radius 3 is 1.65 bits per heavy atom. The average Bonchev–Trinajstić information content (AvgIpc) is 2.28. The predicted molar refractivity (Wildman–Crippen MR) is 63.5 cm³/mol. The maximum Gasteiger partial charge on any atom is 0.336 e. The molecule has 0 aliphatic rings. The molecule has 1 aromatic heterocycles. The van der Waals surface area contributed by atoms with Gasteiger partial charge in [0.25, 0.3) is 0 Å². The summed E-state index contributed by atoms with van der Waals surface area (Å²) in [6.07, 6.45) is 0.911. The van der Waals surface area contributed by atoms with Gasteiger partial charge in [-0.25, -0.2) is 14.8 Å². The van der Waals surface area contributed by atoms with Gasteiger partial charge in [0.05, 0.1) is 12.8 Å². The second-order valence-electron chi connectivity index (χ2n) is 3.58. The minimum Gasteiger partial charge on any atom is -0.481 e. The summed E-state index contributed by atoms with van der Waals surface area (Å²) < 4.78 is 0. The van der Waals surface area contributed by atoms with E-state index in [2.05, 4.69) is 9.97 Å². The first-order valence-electron chi connectivity index (χ1n) is 5.09. The summed E-state index contributed by atoms with van der Waals surface area (Å²) in [6.45, 7) is 0. The van der Waals surface area contributed by atoms with Crippen LogP contribution in [-0.4, -0.2) is 53.9 Å². The van der Waals surface area contributed by atoms with E-state index in [9.17, 15) is 14.4 Å². The lowest BCUT2D eigenvalue weighted by Gasteiger charge is -2.18. The molecule has 6 N–H and O–H groups in total. The fourth-order valence-electron chi connectivity index (χ4n) is 1.02. The first kappa shape index (κ1) is 17.2. The topological polar surface area (TPSA) is 184 Å². The molecule has 10 nitrogen and oxygen atoms in total. The zero-order valence-electron chi connectivity index (χ0n) is 10.1. The molecule has 1 heterocycles. The quantitative estimate of drug-likeness (QED) is 0.441. The van der Waals surface area contributed by atoms with Crippen molar-refractivity contribution < 1.29 is 34.8 Å². The highest BCUT2D eigenvalue weighted by Crippen LogP contribution is 2.15. The van der Waals surface area contributed by atoms with Crippen molar-refractivity contribution in [1.82, 2.24) is 9.97 Å². The Hall–Kier alpha value is -2.75. The molecule has 0 saturated carbocycles. The highest BCUT2D eigenvalue weighted by atomic mass is 16.4. The molecule has 0 aromatic carbocycles. The second-order valence-corrected chi connectivity index (χ2v) is 3.58. The van der Waals surface area contributed by atoms with E-state index in [1.54, 1.807) is 18.5 Å². The Bertz CT molecular complexity index is 461. The summed E-state index contributed by atoms with van der Waals surface area (Å²) in [7, 11) is 0. The average molecular weight is 287 g/mol. The van der Waals surface area contributed by atoms with Crippen molar-refractivity contribution in [3.05, 3.63) is 18.5 Å². The summed E-state index contributed by atoms with van der Waals surface area (Å²) >= 11 is 0. The van der Waals surface area contributed by atoms with Crippen LogP contribution in [0.5, 0.6) is 0 Å². The molecule has 0 aliphatic carbocycles. The van der Waals surface area contributed by atoms with Crippen molar-refractivity contribution in [2.24, 2.45) is 0 Å². The minimum atomic E-state index is -2.74. The van der Waals surface area contributed by atoms with Crippen molar-refractivity contribution in [3.8, 4) is 0 Å². The minimum absolute atomic E-state index is 0.322. The van der Waals surface area contributed by atoms with Crippen LogP contribution in [0.1, 0.15) is 12.8 Å². The number of aromatic nitrogens is 2. The smallest absolute Gasteiger partial charge is 0.336 e. The van der Waals surface area contributed by atoms with Crippen molar-refractivity contribution in [2.75, 3.05) is 5.73 Å². The summed E-state index contributed by atoms with van der Waals surface area (Å²) in [5, 5.41) is 33.8. The van der Waals surface area contributed by atoms with Gasteiger partial charge in [-0.05, 0) is 6.07 Å². The Morgan fingerprint density at radius 2 is 1.45 bits per heavy atom.